The number of carbonyl (C=O) groups excluding carboxylic acids is 2. The standard InChI is InChI=1S/C22H27ClN2O2/c1-4-7-20(21(26)24-15-17-10-12-19(23)13-11-17)25(3)22(27)18-9-6-8-16(5-2)14-18/h6,8-14,20H,4-5,7,15H2,1-3H3,(H,24,26). The molecule has 0 aromatic heterocycles. The molecule has 0 aliphatic carbocycles. The summed E-state index contributed by atoms with van der Waals surface area (Å²) >= 11 is 5.89. The van der Waals surface area contributed by atoms with Crippen LogP contribution in [0, 0.1) is 0 Å². The van der Waals surface area contributed by atoms with E-state index >= 15 is 0 Å². The number of nitrogens with one attached hydrogen (secondary N) is 1. The summed E-state index contributed by atoms with van der Waals surface area (Å²) in [5.41, 5.74) is 2.68. The second-order valence-electron chi connectivity index (χ2n) is 6.62. The van der Waals surface area contributed by atoms with Crippen molar-refractivity contribution in [3.8, 4) is 0 Å². The van der Waals surface area contributed by atoms with Gasteiger partial charge in [-0.2, -0.15) is 0 Å². The van der Waals surface area contributed by atoms with E-state index in [0.29, 0.717) is 23.6 Å². The third kappa shape index (κ3) is 5.83. The van der Waals surface area contributed by atoms with Crippen molar-refractivity contribution in [3.63, 3.8) is 0 Å². The zero-order valence-electron chi connectivity index (χ0n) is 16.2. The van der Waals surface area contributed by atoms with Gasteiger partial charge in [-0.1, -0.05) is 56.1 Å². The van der Waals surface area contributed by atoms with Gasteiger partial charge >= 0.3 is 0 Å². The van der Waals surface area contributed by atoms with Crippen molar-refractivity contribution < 1.29 is 9.59 Å². The van der Waals surface area contributed by atoms with Gasteiger partial charge in [0.2, 0.25) is 5.91 Å². The Balaban J connectivity index is 2.07. The highest BCUT2D eigenvalue weighted by atomic mass is 35.5. The number of halogens is 1. The first-order chi connectivity index (χ1) is 13.0. The van der Waals surface area contributed by atoms with Crippen molar-refractivity contribution in [2.45, 2.75) is 45.7 Å². The van der Waals surface area contributed by atoms with Gasteiger partial charge in [0, 0.05) is 24.2 Å². The van der Waals surface area contributed by atoms with Crippen molar-refractivity contribution >= 4 is 23.4 Å². The van der Waals surface area contributed by atoms with Crippen LogP contribution in [0.4, 0.5) is 0 Å². The Hall–Kier alpha value is -2.33. The third-order valence-corrected chi connectivity index (χ3v) is 4.87. The molecule has 1 unspecified atom stereocenters. The Morgan fingerprint density at radius 2 is 1.78 bits per heavy atom. The van der Waals surface area contributed by atoms with E-state index in [1.165, 1.54) is 0 Å². The maximum absolute atomic E-state index is 12.9. The molecule has 27 heavy (non-hydrogen) atoms. The SMILES string of the molecule is CCCC(C(=O)NCc1ccc(Cl)cc1)N(C)C(=O)c1cccc(CC)c1. The summed E-state index contributed by atoms with van der Waals surface area (Å²) in [5, 5.41) is 3.60. The first-order valence-electron chi connectivity index (χ1n) is 9.34. The van der Waals surface area contributed by atoms with Gasteiger partial charge in [0.05, 0.1) is 0 Å². The molecule has 0 aliphatic rings. The Kier molecular flexibility index (Phi) is 7.86. The fourth-order valence-corrected chi connectivity index (χ4v) is 3.08. The molecule has 2 amide bonds. The molecular formula is C22H27ClN2O2. The van der Waals surface area contributed by atoms with Crippen LogP contribution in [0.3, 0.4) is 0 Å². The topological polar surface area (TPSA) is 49.4 Å². The van der Waals surface area contributed by atoms with Gasteiger partial charge in [-0.15, -0.1) is 0 Å². The van der Waals surface area contributed by atoms with E-state index in [0.717, 1.165) is 24.0 Å². The van der Waals surface area contributed by atoms with E-state index < -0.39 is 6.04 Å². The Morgan fingerprint density at radius 1 is 1.07 bits per heavy atom. The first kappa shape index (κ1) is 21.0. The van der Waals surface area contributed by atoms with E-state index in [1.807, 2.05) is 37.3 Å². The molecule has 144 valence electrons. The number of hydrogen-bond donors (Lipinski definition) is 1. The van der Waals surface area contributed by atoms with Crippen LogP contribution in [0.25, 0.3) is 0 Å². The van der Waals surface area contributed by atoms with Gasteiger partial charge in [0.25, 0.3) is 5.91 Å². The fraction of sp³-hybridized carbons (Fsp3) is 0.364. The predicted octanol–water partition coefficient (Wildman–Crippen LogP) is 4.46. The van der Waals surface area contributed by atoms with Crippen LogP contribution in [0.1, 0.15) is 48.2 Å². The number of nitrogens with zero attached hydrogens (tertiary/aromatic N) is 1. The minimum atomic E-state index is -0.500. The predicted molar refractivity (Wildman–Crippen MR) is 110 cm³/mol. The highest BCUT2D eigenvalue weighted by molar-refractivity contribution is 6.30. The quantitative estimate of drug-likeness (QED) is 0.728. The number of amides is 2. The van der Waals surface area contributed by atoms with E-state index in [9.17, 15) is 9.59 Å². The Morgan fingerprint density at radius 3 is 2.41 bits per heavy atom. The normalized spacial score (nSPS) is 11.7. The molecule has 0 bridgehead atoms. The molecule has 5 heteroatoms. The summed E-state index contributed by atoms with van der Waals surface area (Å²) in [4.78, 5) is 27.2. The number of aryl methyl sites for hydroxylation is 1. The lowest BCUT2D eigenvalue weighted by Gasteiger charge is -2.27. The van der Waals surface area contributed by atoms with E-state index in [-0.39, 0.29) is 11.8 Å². The molecule has 2 rings (SSSR count). The Bertz CT molecular complexity index is 774. The van der Waals surface area contributed by atoms with Crippen LogP contribution >= 0.6 is 11.6 Å². The average Bonchev–Trinajstić information content (AvgIpc) is 2.70. The lowest BCUT2D eigenvalue weighted by atomic mass is 10.1. The molecule has 1 atom stereocenters. The van der Waals surface area contributed by atoms with E-state index in [2.05, 4.69) is 12.2 Å². The number of carbonyl (C=O) groups is 2. The molecule has 0 radical (unpaired) electrons. The summed E-state index contributed by atoms with van der Waals surface area (Å²) < 4.78 is 0. The maximum atomic E-state index is 12.9. The molecule has 2 aromatic rings. The molecule has 0 fully saturated rings. The highest BCUT2D eigenvalue weighted by Gasteiger charge is 2.26. The molecule has 2 aromatic carbocycles. The van der Waals surface area contributed by atoms with Gasteiger partial charge in [-0.3, -0.25) is 9.59 Å². The summed E-state index contributed by atoms with van der Waals surface area (Å²) in [7, 11) is 1.70. The fourth-order valence-electron chi connectivity index (χ4n) is 2.95. The molecule has 0 spiro atoms. The van der Waals surface area contributed by atoms with Crippen molar-refractivity contribution in [2.75, 3.05) is 7.05 Å². The molecule has 1 N–H and O–H groups in total. The lowest BCUT2D eigenvalue weighted by Crippen LogP contribution is -2.47. The molecular weight excluding hydrogens is 360 g/mol. The van der Waals surface area contributed by atoms with Crippen LogP contribution in [0.15, 0.2) is 48.5 Å². The van der Waals surface area contributed by atoms with Crippen molar-refractivity contribution in [1.82, 2.24) is 10.2 Å². The first-order valence-corrected chi connectivity index (χ1v) is 9.72. The number of hydrogen-bond acceptors (Lipinski definition) is 2. The summed E-state index contributed by atoms with van der Waals surface area (Å²) in [6.07, 6.45) is 2.29. The minimum Gasteiger partial charge on any atom is -0.350 e. The van der Waals surface area contributed by atoms with Crippen LogP contribution in [-0.4, -0.2) is 29.8 Å². The number of benzene rings is 2. The van der Waals surface area contributed by atoms with Crippen LogP contribution in [-0.2, 0) is 17.8 Å². The highest BCUT2D eigenvalue weighted by Crippen LogP contribution is 2.14. The largest absolute Gasteiger partial charge is 0.350 e. The summed E-state index contributed by atoms with van der Waals surface area (Å²) in [6.45, 7) is 4.47. The van der Waals surface area contributed by atoms with Crippen LogP contribution < -0.4 is 5.32 Å². The number of rotatable bonds is 8. The van der Waals surface area contributed by atoms with Crippen molar-refractivity contribution in [3.05, 3.63) is 70.2 Å². The smallest absolute Gasteiger partial charge is 0.254 e. The van der Waals surface area contributed by atoms with Gasteiger partial charge in [0.15, 0.2) is 0 Å². The second-order valence-corrected chi connectivity index (χ2v) is 7.06. The molecule has 0 saturated carbocycles. The van der Waals surface area contributed by atoms with Gasteiger partial charge in [-0.25, -0.2) is 0 Å². The summed E-state index contributed by atoms with van der Waals surface area (Å²) in [6, 6.07) is 14.4. The second kappa shape index (κ2) is 10.1. The van der Waals surface area contributed by atoms with Crippen LogP contribution in [0.2, 0.25) is 5.02 Å². The van der Waals surface area contributed by atoms with Gasteiger partial charge in [0.1, 0.15) is 6.04 Å². The average molecular weight is 387 g/mol. The Labute approximate surface area is 166 Å². The van der Waals surface area contributed by atoms with Gasteiger partial charge in [-0.05, 0) is 48.2 Å². The monoisotopic (exact) mass is 386 g/mol. The zero-order valence-corrected chi connectivity index (χ0v) is 16.9. The van der Waals surface area contributed by atoms with Gasteiger partial charge < -0.3 is 10.2 Å². The molecule has 4 nitrogen and oxygen atoms in total. The molecule has 0 heterocycles. The minimum absolute atomic E-state index is 0.134. The molecule has 0 aliphatic heterocycles. The van der Waals surface area contributed by atoms with Crippen molar-refractivity contribution in [2.24, 2.45) is 0 Å². The van der Waals surface area contributed by atoms with E-state index in [1.54, 1.807) is 30.1 Å². The van der Waals surface area contributed by atoms with Crippen LogP contribution in [0.5, 0.6) is 0 Å². The lowest BCUT2D eigenvalue weighted by molar-refractivity contribution is -0.125. The third-order valence-electron chi connectivity index (χ3n) is 4.61. The van der Waals surface area contributed by atoms with Crippen molar-refractivity contribution in [1.29, 1.82) is 0 Å². The van der Waals surface area contributed by atoms with E-state index in [4.69, 9.17) is 11.6 Å². The maximum Gasteiger partial charge on any atom is 0.254 e. The molecule has 0 saturated heterocycles. The number of likely N-dealkylation sites (N-methyl/N-ethyl adjacent to an activating group) is 1. The summed E-state index contributed by atoms with van der Waals surface area (Å²) in [5.74, 6) is -0.278. The zero-order chi connectivity index (χ0) is 19.8.